The Kier molecular flexibility index (Phi) is 3.62. The zero-order chi connectivity index (χ0) is 11.4. The molecule has 1 unspecified atom stereocenters. The first-order valence-electron chi connectivity index (χ1n) is 5.87. The predicted octanol–water partition coefficient (Wildman–Crippen LogP) is 3.07. The van der Waals surface area contributed by atoms with Gasteiger partial charge in [0.1, 0.15) is 12.4 Å². The summed E-state index contributed by atoms with van der Waals surface area (Å²) in [5, 5.41) is 3.50. The molecule has 0 aromatic heterocycles. The minimum atomic E-state index is 0.460. The summed E-state index contributed by atoms with van der Waals surface area (Å²) < 4.78 is 5.77. The average Bonchev–Trinajstić information content (AvgIpc) is 2.80. The van der Waals surface area contributed by atoms with E-state index in [4.69, 9.17) is 4.74 Å². The first-order valence-corrected chi connectivity index (χ1v) is 5.87. The molecule has 0 radical (unpaired) electrons. The van der Waals surface area contributed by atoms with Gasteiger partial charge >= 0.3 is 0 Å². The van der Waals surface area contributed by atoms with E-state index in [-0.39, 0.29) is 0 Å². The molecule has 0 spiro atoms. The molecule has 1 fully saturated rings. The standard InChI is InChI=1S/C14H19NO/c1-11(2)10-16-14-8-4-3-6-12(14)13-7-5-9-15-13/h3-4,6,8,13,15H,1,5,7,9-10H2,2H3. The smallest absolute Gasteiger partial charge is 0.124 e. The number of nitrogens with one attached hydrogen (secondary N) is 1. The lowest BCUT2D eigenvalue weighted by atomic mass is 10.0. The normalized spacial score (nSPS) is 19.7. The molecule has 1 aromatic rings. The summed E-state index contributed by atoms with van der Waals surface area (Å²) in [6, 6.07) is 8.74. The molecule has 0 bridgehead atoms. The predicted molar refractivity (Wildman–Crippen MR) is 66.7 cm³/mol. The molecule has 0 aliphatic carbocycles. The van der Waals surface area contributed by atoms with E-state index in [0.29, 0.717) is 12.6 Å². The van der Waals surface area contributed by atoms with E-state index < -0.39 is 0 Å². The molecule has 1 saturated heterocycles. The summed E-state index contributed by atoms with van der Waals surface area (Å²) in [7, 11) is 0. The Morgan fingerprint density at radius 1 is 1.50 bits per heavy atom. The summed E-state index contributed by atoms with van der Waals surface area (Å²) >= 11 is 0. The summed E-state index contributed by atoms with van der Waals surface area (Å²) in [5.74, 6) is 0.991. The van der Waals surface area contributed by atoms with Crippen molar-refractivity contribution in [3.8, 4) is 5.75 Å². The lowest BCUT2D eigenvalue weighted by Gasteiger charge is -2.16. The van der Waals surface area contributed by atoms with Crippen molar-refractivity contribution in [1.82, 2.24) is 5.32 Å². The van der Waals surface area contributed by atoms with Crippen LogP contribution in [0.2, 0.25) is 0 Å². The maximum absolute atomic E-state index is 5.77. The molecule has 1 aromatic carbocycles. The monoisotopic (exact) mass is 217 g/mol. The second-order valence-corrected chi connectivity index (χ2v) is 4.43. The van der Waals surface area contributed by atoms with Crippen molar-refractivity contribution in [3.63, 3.8) is 0 Å². The van der Waals surface area contributed by atoms with Crippen LogP contribution < -0.4 is 10.1 Å². The van der Waals surface area contributed by atoms with Crippen molar-refractivity contribution in [3.05, 3.63) is 42.0 Å². The van der Waals surface area contributed by atoms with Gasteiger partial charge in [-0.2, -0.15) is 0 Å². The van der Waals surface area contributed by atoms with Gasteiger partial charge in [0.2, 0.25) is 0 Å². The molecule has 1 atom stereocenters. The Hall–Kier alpha value is -1.28. The van der Waals surface area contributed by atoms with Crippen LogP contribution >= 0.6 is 0 Å². The highest BCUT2D eigenvalue weighted by atomic mass is 16.5. The van der Waals surface area contributed by atoms with E-state index in [1.165, 1.54) is 18.4 Å². The summed E-state index contributed by atoms with van der Waals surface area (Å²) in [6.07, 6.45) is 2.45. The zero-order valence-corrected chi connectivity index (χ0v) is 9.83. The number of benzene rings is 1. The number of hydrogen-bond acceptors (Lipinski definition) is 2. The first kappa shape index (κ1) is 11.2. The van der Waals surface area contributed by atoms with Crippen LogP contribution in [0, 0.1) is 0 Å². The molecule has 2 nitrogen and oxygen atoms in total. The number of para-hydroxylation sites is 1. The van der Waals surface area contributed by atoms with Gasteiger partial charge in [0.05, 0.1) is 0 Å². The maximum Gasteiger partial charge on any atom is 0.124 e. The minimum absolute atomic E-state index is 0.460. The van der Waals surface area contributed by atoms with Gasteiger partial charge in [0, 0.05) is 11.6 Å². The van der Waals surface area contributed by atoms with E-state index in [1.807, 2.05) is 19.1 Å². The Morgan fingerprint density at radius 2 is 2.31 bits per heavy atom. The van der Waals surface area contributed by atoms with Gasteiger partial charge in [-0.3, -0.25) is 0 Å². The molecule has 2 rings (SSSR count). The van der Waals surface area contributed by atoms with Crippen molar-refractivity contribution in [1.29, 1.82) is 0 Å². The zero-order valence-electron chi connectivity index (χ0n) is 9.83. The Morgan fingerprint density at radius 3 is 3.00 bits per heavy atom. The third kappa shape index (κ3) is 2.64. The topological polar surface area (TPSA) is 21.3 Å². The van der Waals surface area contributed by atoms with Crippen molar-refractivity contribution in [2.24, 2.45) is 0 Å². The van der Waals surface area contributed by atoms with E-state index in [1.54, 1.807) is 0 Å². The van der Waals surface area contributed by atoms with Gasteiger partial charge in [-0.25, -0.2) is 0 Å². The summed E-state index contributed by atoms with van der Waals surface area (Å²) in [6.45, 7) is 7.55. The third-order valence-electron chi connectivity index (χ3n) is 2.83. The van der Waals surface area contributed by atoms with Gasteiger partial charge in [-0.15, -0.1) is 0 Å². The highest BCUT2D eigenvalue weighted by Crippen LogP contribution is 2.30. The van der Waals surface area contributed by atoms with Crippen LogP contribution in [0.5, 0.6) is 5.75 Å². The van der Waals surface area contributed by atoms with Crippen molar-refractivity contribution in [2.75, 3.05) is 13.2 Å². The quantitative estimate of drug-likeness (QED) is 0.783. The van der Waals surface area contributed by atoms with Gasteiger partial charge in [-0.1, -0.05) is 24.8 Å². The molecular formula is C14H19NO. The Balaban J connectivity index is 2.13. The highest BCUT2D eigenvalue weighted by Gasteiger charge is 2.19. The fraction of sp³-hybridized carbons (Fsp3) is 0.429. The Bertz CT molecular complexity index is 367. The van der Waals surface area contributed by atoms with E-state index in [9.17, 15) is 0 Å². The van der Waals surface area contributed by atoms with E-state index in [0.717, 1.165) is 17.9 Å². The fourth-order valence-electron chi connectivity index (χ4n) is 2.05. The highest BCUT2D eigenvalue weighted by molar-refractivity contribution is 5.36. The third-order valence-corrected chi connectivity index (χ3v) is 2.83. The van der Waals surface area contributed by atoms with E-state index in [2.05, 4.69) is 24.0 Å². The number of ether oxygens (including phenoxy) is 1. The fourth-order valence-corrected chi connectivity index (χ4v) is 2.05. The molecule has 1 N–H and O–H groups in total. The average molecular weight is 217 g/mol. The lowest BCUT2D eigenvalue weighted by Crippen LogP contribution is -2.14. The van der Waals surface area contributed by atoms with Crippen LogP contribution in [0.15, 0.2) is 36.4 Å². The van der Waals surface area contributed by atoms with Gasteiger partial charge in [0.25, 0.3) is 0 Å². The maximum atomic E-state index is 5.77. The SMILES string of the molecule is C=C(C)COc1ccccc1C1CCCN1. The minimum Gasteiger partial charge on any atom is -0.489 e. The van der Waals surface area contributed by atoms with Gasteiger partial charge < -0.3 is 10.1 Å². The number of rotatable bonds is 4. The molecule has 86 valence electrons. The summed E-state index contributed by atoms with van der Waals surface area (Å²) in [4.78, 5) is 0. The second-order valence-electron chi connectivity index (χ2n) is 4.43. The Labute approximate surface area is 97.3 Å². The molecule has 0 amide bonds. The molecule has 1 heterocycles. The molecule has 0 saturated carbocycles. The van der Waals surface area contributed by atoms with Gasteiger partial charge in [-0.05, 0) is 37.9 Å². The molecular weight excluding hydrogens is 198 g/mol. The lowest BCUT2D eigenvalue weighted by molar-refractivity contribution is 0.345. The van der Waals surface area contributed by atoms with Crippen LogP contribution in [0.4, 0.5) is 0 Å². The van der Waals surface area contributed by atoms with Crippen LogP contribution in [0.3, 0.4) is 0 Å². The van der Waals surface area contributed by atoms with Crippen molar-refractivity contribution < 1.29 is 4.74 Å². The first-order chi connectivity index (χ1) is 7.77. The molecule has 1 aliphatic heterocycles. The molecule has 2 heteroatoms. The van der Waals surface area contributed by atoms with Crippen molar-refractivity contribution >= 4 is 0 Å². The van der Waals surface area contributed by atoms with Crippen LogP contribution in [0.1, 0.15) is 31.4 Å². The number of hydrogen-bond donors (Lipinski definition) is 1. The largest absolute Gasteiger partial charge is 0.489 e. The molecule has 1 aliphatic rings. The van der Waals surface area contributed by atoms with Crippen LogP contribution in [-0.4, -0.2) is 13.2 Å². The summed E-state index contributed by atoms with van der Waals surface area (Å²) in [5.41, 5.74) is 2.33. The second kappa shape index (κ2) is 5.17. The van der Waals surface area contributed by atoms with Crippen LogP contribution in [0.25, 0.3) is 0 Å². The molecule has 16 heavy (non-hydrogen) atoms. The van der Waals surface area contributed by atoms with E-state index >= 15 is 0 Å². The van der Waals surface area contributed by atoms with Crippen LogP contribution in [-0.2, 0) is 0 Å². The van der Waals surface area contributed by atoms with Crippen molar-refractivity contribution in [2.45, 2.75) is 25.8 Å². The van der Waals surface area contributed by atoms with Gasteiger partial charge in [0.15, 0.2) is 0 Å².